The molecule has 3 unspecified atom stereocenters. The molecule has 37 heavy (non-hydrogen) atoms. The van der Waals surface area contributed by atoms with Crippen molar-refractivity contribution in [2.45, 2.75) is 49.9 Å². The number of piperidine rings is 1. The van der Waals surface area contributed by atoms with E-state index in [4.69, 9.17) is 4.74 Å². The standard InChI is InChI=1S/C24H25F5N4O4/c1-33-19(34)13-23(33,21(25)26)16-5-2-3-7-18(16)36-20-17(6-4-12-30-20)32-22(35)31-14-8-10-15(11-9-14)37-24(27,28)29/h2-3,5,7-11,17,20-21,30H,4,6,12-13H2,1H3,(H2,31,32,35). The van der Waals surface area contributed by atoms with E-state index in [0.717, 1.165) is 17.0 Å². The van der Waals surface area contributed by atoms with Crippen LogP contribution in [0.2, 0.25) is 0 Å². The molecular formula is C24H25F5N4O4. The van der Waals surface area contributed by atoms with Crippen molar-refractivity contribution in [3.8, 4) is 11.5 Å². The zero-order chi connectivity index (χ0) is 26.8. The van der Waals surface area contributed by atoms with Crippen molar-refractivity contribution >= 4 is 17.6 Å². The maximum atomic E-state index is 14.2. The van der Waals surface area contributed by atoms with Crippen LogP contribution in [-0.2, 0) is 10.3 Å². The Hall–Kier alpha value is -3.61. The number of carbonyl (C=O) groups excluding carboxylic acids is 2. The Kier molecular flexibility index (Phi) is 7.44. The molecule has 2 heterocycles. The maximum absolute atomic E-state index is 14.2. The molecule has 2 saturated heterocycles. The molecule has 200 valence electrons. The zero-order valence-electron chi connectivity index (χ0n) is 19.6. The molecule has 0 bridgehead atoms. The van der Waals surface area contributed by atoms with Gasteiger partial charge in [-0.2, -0.15) is 0 Å². The molecule has 2 aromatic rings. The molecule has 0 saturated carbocycles. The number of hydrogen-bond acceptors (Lipinski definition) is 5. The molecule has 2 fully saturated rings. The van der Waals surface area contributed by atoms with E-state index < -0.39 is 48.3 Å². The van der Waals surface area contributed by atoms with Gasteiger partial charge in [-0.05, 0) is 49.7 Å². The first-order valence-electron chi connectivity index (χ1n) is 11.5. The van der Waals surface area contributed by atoms with Crippen molar-refractivity contribution < 1.29 is 41.0 Å². The molecule has 3 N–H and O–H groups in total. The Labute approximate surface area is 209 Å². The number of nitrogens with one attached hydrogen (secondary N) is 3. The van der Waals surface area contributed by atoms with Crippen LogP contribution in [0.5, 0.6) is 11.5 Å². The highest BCUT2D eigenvalue weighted by Gasteiger charge is 2.58. The van der Waals surface area contributed by atoms with Crippen molar-refractivity contribution in [1.82, 2.24) is 15.5 Å². The number of β-lactam (4-membered cyclic amide) rings is 1. The lowest BCUT2D eigenvalue weighted by atomic mass is 9.78. The summed E-state index contributed by atoms with van der Waals surface area (Å²) in [5.41, 5.74) is -1.40. The average molecular weight is 528 g/mol. The fraction of sp³-hybridized carbons (Fsp3) is 0.417. The third-order valence-electron chi connectivity index (χ3n) is 6.43. The van der Waals surface area contributed by atoms with Crippen LogP contribution in [0.3, 0.4) is 0 Å². The van der Waals surface area contributed by atoms with E-state index in [1.807, 2.05) is 0 Å². The minimum Gasteiger partial charge on any atom is -0.473 e. The van der Waals surface area contributed by atoms with E-state index in [0.29, 0.717) is 19.4 Å². The van der Waals surface area contributed by atoms with Crippen molar-refractivity contribution in [2.75, 3.05) is 18.9 Å². The van der Waals surface area contributed by atoms with Gasteiger partial charge in [-0.25, -0.2) is 13.6 Å². The molecule has 0 radical (unpaired) electrons. The Balaban J connectivity index is 1.44. The molecule has 8 nitrogen and oxygen atoms in total. The third kappa shape index (κ3) is 5.71. The van der Waals surface area contributed by atoms with Gasteiger partial charge < -0.3 is 25.0 Å². The summed E-state index contributed by atoms with van der Waals surface area (Å²) in [6.45, 7) is 0.561. The minimum absolute atomic E-state index is 0.161. The number of nitrogens with zero attached hydrogens (tertiary/aromatic N) is 1. The molecule has 0 aliphatic carbocycles. The van der Waals surface area contributed by atoms with Crippen LogP contribution in [0, 0.1) is 0 Å². The van der Waals surface area contributed by atoms with Crippen LogP contribution in [0.25, 0.3) is 0 Å². The molecule has 13 heteroatoms. The first-order valence-corrected chi connectivity index (χ1v) is 11.5. The molecule has 2 aromatic carbocycles. The van der Waals surface area contributed by atoms with Crippen LogP contribution < -0.4 is 25.4 Å². The number of urea groups is 1. The molecule has 2 aliphatic heterocycles. The number of likely N-dealkylation sites (tertiary alicyclic amines) is 1. The number of benzene rings is 2. The lowest BCUT2D eigenvalue weighted by Gasteiger charge is -2.50. The zero-order valence-corrected chi connectivity index (χ0v) is 19.6. The Morgan fingerprint density at radius 1 is 1.16 bits per heavy atom. The van der Waals surface area contributed by atoms with Crippen LogP contribution >= 0.6 is 0 Å². The monoisotopic (exact) mass is 528 g/mol. The summed E-state index contributed by atoms with van der Waals surface area (Å²) >= 11 is 0. The van der Waals surface area contributed by atoms with E-state index in [1.54, 1.807) is 12.1 Å². The summed E-state index contributed by atoms with van der Waals surface area (Å²) in [4.78, 5) is 25.5. The van der Waals surface area contributed by atoms with Crippen LogP contribution in [-0.4, -0.2) is 55.5 Å². The number of hydrogen-bond donors (Lipinski definition) is 3. The summed E-state index contributed by atoms with van der Waals surface area (Å²) in [5.74, 6) is -0.670. The quantitative estimate of drug-likeness (QED) is 0.371. The van der Waals surface area contributed by atoms with Crippen LogP contribution in [0.15, 0.2) is 48.5 Å². The van der Waals surface area contributed by atoms with Gasteiger partial charge in [-0.3, -0.25) is 10.1 Å². The molecule has 2 aliphatic rings. The number of alkyl halides is 5. The van der Waals surface area contributed by atoms with Gasteiger partial charge in [0, 0.05) is 18.3 Å². The molecular weight excluding hydrogens is 503 g/mol. The van der Waals surface area contributed by atoms with Gasteiger partial charge in [-0.15, -0.1) is 13.2 Å². The summed E-state index contributed by atoms with van der Waals surface area (Å²) in [6, 6.07) is 9.70. The van der Waals surface area contributed by atoms with E-state index >= 15 is 0 Å². The summed E-state index contributed by atoms with van der Waals surface area (Å²) in [5, 5.41) is 8.41. The lowest BCUT2D eigenvalue weighted by Crippen LogP contribution is -2.63. The molecule has 3 atom stereocenters. The van der Waals surface area contributed by atoms with E-state index in [9.17, 15) is 31.5 Å². The predicted octanol–water partition coefficient (Wildman–Crippen LogP) is 4.19. The number of anilines is 1. The fourth-order valence-electron chi connectivity index (χ4n) is 4.49. The van der Waals surface area contributed by atoms with Gasteiger partial charge in [0.15, 0.2) is 6.23 Å². The third-order valence-corrected chi connectivity index (χ3v) is 6.43. The lowest BCUT2D eigenvalue weighted by molar-refractivity contribution is -0.274. The highest BCUT2D eigenvalue weighted by atomic mass is 19.4. The SMILES string of the molecule is CN1C(=O)CC1(c1ccccc1OC1NCCCC1NC(=O)Nc1ccc(OC(F)(F)F)cc1)C(F)F. The van der Waals surface area contributed by atoms with Gasteiger partial charge in [-0.1, -0.05) is 18.2 Å². The summed E-state index contributed by atoms with van der Waals surface area (Å²) in [6.07, 6.45) is -7.56. The normalized spacial score (nSPS) is 23.9. The van der Waals surface area contributed by atoms with Crippen LogP contribution in [0.4, 0.5) is 32.4 Å². The number of ether oxygens (including phenoxy) is 2. The number of para-hydroxylation sites is 1. The second kappa shape index (κ2) is 10.4. The van der Waals surface area contributed by atoms with E-state index in [-0.39, 0.29) is 23.4 Å². The highest BCUT2D eigenvalue weighted by Crippen LogP contribution is 2.48. The largest absolute Gasteiger partial charge is 0.573 e. The second-order valence-electron chi connectivity index (χ2n) is 8.76. The maximum Gasteiger partial charge on any atom is 0.573 e. The van der Waals surface area contributed by atoms with E-state index in [1.165, 1.54) is 31.3 Å². The Morgan fingerprint density at radius 3 is 2.49 bits per heavy atom. The Bertz CT molecular complexity index is 1130. The van der Waals surface area contributed by atoms with Gasteiger partial charge in [0.25, 0.3) is 6.43 Å². The van der Waals surface area contributed by atoms with Crippen molar-refractivity contribution in [1.29, 1.82) is 0 Å². The van der Waals surface area contributed by atoms with Gasteiger partial charge in [0.05, 0.1) is 12.5 Å². The number of amides is 3. The second-order valence-corrected chi connectivity index (χ2v) is 8.76. The number of carbonyl (C=O) groups is 2. The molecule has 4 rings (SSSR count). The first kappa shape index (κ1) is 26.5. The highest BCUT2D eigenvalue weighted by molar-refractivity contribution is 5.89. The fourth-order valence-corrected chi connectivity index (χ4v) is 4.49. The molecule has 3 amide bonds. The molecule has 0 spiro atoms. The first-order chi connectivity index (χ1) is 17.5. The summed E-state index contributed by atoms with van der Waals surface area (Å²) in [7, 11) is 1.32. The Morgan fingerprint density at radius 2 is 1.86 bits per heavy atom. The van der Waals surface area contributed by atoms with Gasteiger partial charge in [0.1, 0.15) is 17.0 Å². The topological polar surface area (TPSA) is 91.9 Å². The minimum atomic E-state index is -4.83. The average Bonchev–Trinajstić information content (AvgIpc) is 2.84. The summed E-state index contributed by atoms with van der Waals surface area (Å²) < 4.78 is 75.2. The number of rotatable bonds is 7. The predicted molar refractivity (Wildman–Crippen MR) is 122 cm³/mol. The van der Waals surface area contributed by atoms with Gasteiger partial charge in [0.2, 0.25) is 5.91 Å². The number of halogens is 5. The molecule has 0 aromatic heterocycles. The van der Waals surface area contributed by atoms with Crippen molar-refractivity contribution in [3.63, 3.8) is 0 Å². The van der Waals surface area contributed by atoms with Gasteiger partial charge >= 0.3 is 12.4 Å². The van der Waals surface area contributed by atoms with Crippen molar-refractivity contribution in [3.05, 3.63) is 54.1 Å². The van der Waals surface area contributed by atoms with Crippen molar-refractivity contribution in [2.24, 2.45) is 0 Å². The van der Waals surface area contributed by atoms with Crippen LogP contribution in [0.1, 0.15) is 24.8 Å². The smallest absolute Gasteiger partial charge is 0.473 e. The van der Waals surface area contributed by atoms with E-state index in [2.05, 4.69) is 20.7 Å².